The average Bonchev–Trinajstić information content (AvgIpc) is 3.17. The first-order valence-electron chi connectivity index (χ1n) is 10.8. The van der Waals surface area contributed by atoms with Crippen LogP contribution in [-0.4, -0.2) is 58.6 Å². The first kappa shape index (κ1) is 22.0. The van der Waals surface area contributed by atoms with Crippen LogP contribution >= 0.6 is 0 Å². The Bertz CT molecular complexity index is 998. The van der Waals surface area contributed by atoms with Crippen LogP contribution in [0, 0.1) is 5.82 Å². The van der Waals surface area contributed by atoms with Gasteiger partial charge in [0.25, 0.3) is 5.91 Å². The van der Waals surface area contributed by atoms with Gasteiger partial charge in [-0.2, -0.15) is 0 Å². The highest BCUT2D eigenvalue weighted by Gasteiger charge is 2.28. The molecular formula is C23H28FN5O3. The Morgan fingerprint density at radius 1 is 1.12 bits per heavy atom. The zero-order valence-corrected chi connectivity index (χ0v) is 18.6. The second-order valence-corrected chi connectivity index (χ2v) is 9.09. The van der Waals surface area contributed by atoms with E-state index in [9.17, 15) is 14.0 Å². The fraction of sp³-hybridized carbons (Fsp3) is 0.478. The topological polar surface area (TPSA) is 87.7 Å². The molecule has 0 unspecified atom stereocenters. The van der Waals surface area contributed by atoms with Gasteiger partial charge in [-0.15, -0.1) is 0 Å². The van der Waals surface area contributed by atoms with Crippen molar-refractivity contribution in [3.8, 4) is 0 Å². The largest absolute Gasteiger partial charge is 0.444 e. The molecule has 1 aliphatic carbocycles. The average molecular weight is 442 g/mol. The van der Waals surface area contributed by atoms with E-state index in [2.05, 4.69) is 15.3 Å². The second kappa shape index (κ2) is 8.72. The smallest absolute Gasteiger partial charge is 0.410 e. The SMILES string of the molecule is CC(C)(C)OC(=O)N1CCN(c2cnc(C(=O)N[C@@H]3CCc4c(F)cccc43)cn2)CC1. The van der Waals surface area contributed by atoms with Gasteiger partial charge in [0, 0.05) is 26.2 Å². The number of nitrogens with one attached hydrogen (secondary N) is 1. The predicted molar refractivity (Wildman–Crippen MR) is 117 cm³/mol. The Kier molecular flexibility index (Phi) is 5.99. The zero-order valence-electron chi connectivity index (χ0n) is 18.6. The molecule has 0 radical (unpaired) electrons. The number of hydrogen-bond acceptors (Lipinski definition) is 6. The van der Waals surface area contributed by atoms with Crippen molar-refractivity contribution in [3.05, 3.63) is 53.2 Å². The molecule has 9 heteroatoms. The molecule has 32 heavy (non-hydrogen) atoms. The van der Waals surface area contributed by atoms with Gasteiger partial charge < -0.3 is 19.9 Å². The number of nitrogens with zero attached hydrogens (tertiary/aromatic N) is 4. The van der Waals surface area contributed by atoms with Crippen molar-refractivity contribution in [2.24, 2.45) is 0 Å². The lowest BCUT2D eigenvalue weighted by Gasteiger charge is -2.36. The van der Waals surface area contributed by atoms with Gasteiger partial charge in [0.05, 0.1) is 18.4 Å². The molecule has 0 spiro atoms. The molecule has 2 aromatic rings. The highest BCUT2D eigenvalue weighted by Crippen LogP contribution is 2.32. The summed E-state index contributed by atoms with van der Waals surface area (Å²) in [5.74, 6) is 0.0923. The molecule has 0 bridgehead atoms. The number of carbonyl (C=O) groups is 2. The van der Waals surface area contributed by atoms with Crippen molar-refractivity contribution in [1.82, 2.24) is 20.2 Å². The van der Waals surface area contributed by atoms with Gasteiger partial charge in [-0.3, -0.25) is 4.79 Å². The van der Waals surface area contributed by atoms with Gasteiger partial charge in [0.1, 0.15) is 22.9 Å². The van der Waals surface area contributed by atoms with Gasteiger partial charge in [0.15, 0.2) is 0 Å². The van der Waals surface area contributed by atoms with E-state index in [1.807, 2.05) is 31.7 Å². The standard InChI is InChI=1S/C23H28FN5O3/c1-23(2,3)32-22(31)29-11-9-28(10-12-29)20-14-25-19(13-26-20)21(30)27-18-8-7-15-16(18)5-4-6-17(15)24/h4-6,13-14,18H,7-12H2,1-3H3,(H,27,30)/t18-/m1/s1. The van der Waals surface area contributed by atoms with Crippen molar-refractivity contribution in [3.63, 3.8) is 0 Å². The van der Waals surface area contributed by atoms with E-state index in [-0.39, 0.29) is 29.6 Å². The van der Waals surface area contributed by atoms with Crippen LogP contribution in [0.2, 0.25) is 0 Å². The molecule has 1 aliphatic heterocycles. The number of anilines is 1. The minimum Gasteiger partial charge on any atom is -0.444 e. The number of halogens is 1. The summed E-state index contributed by atoms with van der Waals surface area (Å²) in [5, 5.41) is 2.93. The van der Waals surface area contributed by atoms with E-state index in [0.717, 1.165) is 5.56 Å². The minimum absolute atomic E-state index is 0.214. The monoisotopic (exact) mass is 441 g/mol. The number of amides is 2. The molecule has 2 amide bonds. The normalized spacial score (nSPS) is 18.3. The summed E-state index contributed by atoms with van der Waals surface area (Å²) in [4.78, 5) is 37.2. The quantitative estimate of drug-likeness (QED) is 0.788. The van der Waals surface area contributed by atoms with E-state index in [1.165, 1.54) is 12.3 Å². The number of carbonyl (C=O) groups excluding carboxylic acids is 2. The Morgan fingerprint density at radius 2 is 1.88 bits per heavy atom. The van der Waals surface area contributed by atoms with Crippen LogP contribution in [0.4, 0.5) is 15.0 Å². The third-order valence-corrected chi connectivity index (χ3v) is 5.65. The fourth-order valence-electron chi connectivity index (χ4n) is 4.04. The molecular weight excluding hydrogens is 413 g/mol. The first-order valence-corrected chi connectivity index (χ1v) is 10.8. The molecule has 0 saturated carbocycles. The van der Waals surface area contributed by atoms with E-state index in [1.54, 1.807) is 17.2 Å². The van der Waals surface area contributed by atoms with Crippen molar-refractivity contribution >= 4 is 17.8 Å². The summed E-state index contributed by atoms with van der Waals surface area (Å²) in [7, 11) is 0. The van der Waals surface area contributed by atoms with Crippen LogP contribution in [0.3, 0.4) is 0 Å². The van der Waals surface area contributed by atoms with Gasteiger partial charge in [0.2, 0.25) is 0 Å². The highest BCUT2D eigenvalue weighted by molar-refractivity contribution is 5.92. The molecule has 1 aromatic carbocycles. The lowest BCUT2D eigenvalue weighted by Crippen LogP contribution is -2.50. The third-order valence-electron chi connectivity index (χ3n) is 5.65. The summed E-state index contributed by atoms with van der Waals surface area (Å²) in [6.07, 6.45) is 3.97. The molecule has 4 rings (SSSR count). The highest BCUT2D eigenvalue weighted by atomic mass is 19.1. The molecule has 2 aliphatic rings. The van der Waals surface area contributed by atoms with Crippen LogP contribution in [0.15, 0.2) is 30.6 Å². The van der Waals surface area contributed by atoms with E-state index in [0.29, 0.717) is 50.4 Å². The molecule has 1 atom stereocenters. The maximum atomic E-state index is 13.9. The van der Waals surface area contributed by atoms with Crippen molar-refractivity contribution in [1.29, 1.82) is 0 Å². The molecule has 2 heterocycles. The van der Waals surface area contributed by atoms with E-state index in [4.69, 9.17) is 4.74 Å². The summed E-state index contributed by atoms with van der Waals surface area (Å²) in [5.41, 5.74) is 1.19. The first-order chi connectivity index (χ1) is 15.2. The fourth-order valence-corrected chi connectivity index (χ4v) is 4.04. The maximum absolute atomic E-state index is 13.9. The number of aromatic nitrogens is 2. The lowest BCUT2D eigenvalue weighted by atomic mass is 10.1. The zero-order chi connectivity index (χ0) is 22.9. The van der Waals surface area contributed by atoms with Crippen molar-refractivity contribution in [2.45, 2.75) is 45.3 Å². The molecule has 8 nitrogen and oxygen atoms in total. The Hall–Kier alpha value is -3.23. The van der Waals surface area contributed by atoms with Gasteiger partial charge in [-0.05, 0) is 50.8 Å². The molecule has 1 N–H and O–H groups in total. The number of fused-ring (bicyclic) bond motifs is 1. The lowest BCUT2D eigenvalue weighted by molar-refractivity contribution is 0.0240. The van der Waals surface area contributed by atoms with Crippen LogP contribution in [0.5, 0.6) is 0 Å². The van der Waals surface area contributed by atoms with Crippen LogP contribution in [0.25, 0.3) is 0 Å². The molecule has 170 valence electrons. The molecule has 1 saturated heterocycles. The Morgan fingerprint density at radius 3 is 2.53 bits per heavy atom. The maximum Gasteiger partial charge on any atom is 0.410 e. The summed E-state index contributed by atoms with van der Waals surface area (Å²) >= 11 is 0. The minimum atomic E-state index is -0.523. The van der Waals surface area contributed by atoms with Crippen LogP contribution < -0.4 is 10.2 Å². The number of hydrogen-bond donors (Lipinski definition) is 1. The van der Waals surface area contributed by atoms with Gasteiger partial charge in [-0.25, -0.2) is 19.2 Å². The summed E-state index contributed by atoms with van der Waals surface area (Å²) in [6.45, 7) is 7.79. The number of rotatable bonds is 3. The Labute approximate surface area is 186 Å². The van der Waals surface area contributed by atoms with Crippen molar-refractivity contribution < 1.29 is 18.7 Å². The third kappa shape index (κ3) is 4.81. The number of piperazine rings is 1. The second-order valence-electron chi connectivity index (χ2n) is 9.09. The number of ether oxygens (including phenoxy) is 1. The van der Waals surface area contributed by atoms with Gasteiger partial charge >= 0.3 is 6.09 Å². The summed E-state index contributed by atoms with van der Waals surface area (Å²) < 4.78 is 19.3. The molecule has 1 aromatic heterocycles. The molecule has 1 fully saturated rings. The van der Waals surface area contributed by atoms with Crippen molar-refractivity contribution in [2.75, 3.05) is 31.1 Å². The Balaban J connectivity index is 1.33. The summed E-state index contributed by atoms with van der Waals surface area (Å²) in [6, 6.07) is 4.73. The number of benzene rings is 1. The van der Waals surface area contributed by atoms with E-state index < -0.39 is 5.60 Å². The van der Waals surface area contributed by atoms with Gasteiger partial charge in [-0.1, -0.05) is 12.1 Å². The predicted octanol–water partition coefficient (Wildman–Crippen LogP) is 3.09. The van der Waals surface area contributed by atoms with Crippen LogP contribution in [-0.2, 0) is 11.2 Å². The van der Waals surface area contributed by atoms with Crippen LogP contribution in [0.1, 0.15) is 54.8 Å². The van der Waals surface area contributed by atoms with E-state index >= 15 is 0 Å².